The van der Waals surface area contributed by atoms with Gasteiger partial charge in [0.25, 0.3) is 0 Å². The number of imide groups is 1. The number of hydrogen-bond acceptors (Lipinski definition) is 5. The highest BCUT2D eigenvalue weighted by Crippen LogP contribution is 2.47. The maximum absolute atomic E-state index is 11.5. The summed E-state index contributed by atoms with van der Waals surface area (Å²) < 4.78 is 9.61. The maximum atomic E-state index is 11.5. The van der Waals surface area contributed by atoms with E-state index in [0.29, 0.717) is 6.54 Å². The molecule has 1 aromatic rings. The Morgan fingerprint density at radius 2 is 2.00 bits per heavy atom. The molecule has 166 valence electrons. The fourth-order valence-corrected chi connectivity index (χ4v) is 4.51. The average molecular weight is 434 g/mol. The van der Waals surface area contributed by atoms with Crippen molar-refractivity contribution in [3.63, 3.8) is 0 Å². The van der Waals surface area contributed by atoms with E-state index in [9.17, 15) is 9.59 Å². The van der Waals surface area contributed by atoms with Gasteiger partial charge in [0.2, 0.25) is 5.91 Å². The highest BCUT2D eigenvalue weighted by molar-refractivity contribution is 7.97. The van der Waals surface area contributed by atoms with Gasteiger partial charge < -0.3 is 9.64 Å². The van der Waals surface area contributed by atoms with Gasteiger partial charge in [-0.05, 0) is 62.1 Å². The topological polar surface area (TPSA) is 70.7 Å². The van der Waals surface area contributed by atoms with Crippen LogP contribution in [0.15, 0.2) is 24.3 Å². The first kappa shape index (κ1) is 22.9. The third-order valence-corrected chi connectivity index (χ3v) is 6.66. The molecule has 30 heavy (non-hydrogen) atoms. The molecule has 0 bridgehead atoms. The number of rotatable bonds is 12. The first-order valence-electron chi connectivity index (χ1n) is 11.4. The third kappa shape index (κ3) is 6.64. The standard InChI is InChI=1S/C21H29N3O3S.C2H6/c25-19-14-24(20(26)22-19)11-2-1-3-12-28-23-21(9-10-21)17-5-4-6-18(13-17)27-15-16-7-8-16;1-2/h4-6,13,16,23H,1-3,7-12,14-15H2,(H,22,25,26);1-2H3. The van der Waals surface area contributed by atoms with Crippen LogP contribution in [0.1, 0.15) is 64.4 Å². The van der Waals surface area contributed by atoms with Gasteiger partial charge in [-0.2, -0.15) is 0 Å². The molecule has 7 heteroatoms. The predicted octanol–water partition coefficient (Wildman–Crippen LogP) is 4.45. The molecule has 6 nitrogen and oxygen atoms in total. The van der Waals surface area contributed by atoms with Crippen LogP contribution in [-0.4, -0.2) is 42.3 Å². The number of hydrogen-bond donors (Lipinski definition) is 2. The highest BCUT2D eigenvalue weighted by Gasteiger charge is 2.44. The van der Waals surface area contributed by atoms with E-state index in [4.69, 9.17) is 4.74 Å². The summed E-state index contributed by atoms with van der Waals surface area (Å²) in [5, 5.41) is 2.31. The van der Waals surface area contributed by atoms with E-state index in [1.165, 1.54) is 31.2 Å². The van der Waals surface area contributed by atoms with Crippen molar-refractivity contribution in [1.82, 2.24) is 14.9 Å². The maximum Gasteiger partial charge on any atom is 0.324 e. The van der Waals surface area contributed by atoms with Crippen molar-refractivity contribution in [2.45, 2.75) is 64.3 Å². The second-order valence-corrected chi connectivity index (χ2v) is 9.05. The van der Waals surface area contributed by atoms with Crippen LogP contribution in [0.4, 0.5) is 4.79 Å². The molecule has 1 saturated heterocycles. The molecule has 2 N–H and O–H groups in total. The molecule has 1 aromatic carbocycles. The molecule has 2 saturated carbocycles. The minimum Gasteiger partial charge on any atom is -0.493 e. The summed E-state index contributed by atoms with van der Waals surface area (Å²) in [5.41, 5.74) is 1.44. The van der Waals surface area contributed by atoms with E-state index in [2.05, 4.69) is 34.3 Å². The molecular weight excluding hydrogens is 398 g/mol. The van der Waals surface area contributed by atoms with Crippen LogP contribution in [0.25, 0.3) is 0 Å². The van der Waals surface area contributed by atoms with Crippen LogP contribution in [-0.2, 0) is 10.3 Å². The SMILES string of the molecule is CC.O=C1CN(CCCCCSNC2(c3cccc(OCC4CC4)c3)CC2)C(=O)N1. The zero-order valence-corrected chi connectivity index (χ0v) is 19.1. The summed E-state index contributed by atoms with van der Waals surface area (Å²) in [6, 6.07) is 8.31. The van der Waals surface area contributed by atoms with E-state index in [0.717, 1.165) is 43.3 Å². The van der Waals surface area contributed by atoms with Crippen LogP contribution in [0.2, 0.25) is 0 Å². The largest absolute Gasteiger partial charge is 0.493 e. The molecule has 1 aliphatic heterocycles. The lowest BCUT2D eigenvalue weighted by Crippen LogP contribution is -2.29. The molecular formula is C23H35N3O3S. The van der Waals surface area contributed by atoms with E-state index in [1.807, 2.05) is 13.8 Å². The lowest BCUT2D eigenvalue weighted by Gasteiger charge is -2.18. The number of amides is 3. The van der Waals surface area contributed by atoms with Crippen LogP contribution >= 0.6 is 11.9 Å². The zero-order valence-electron chi connectivity index (χ0n) is 18.2. The number of unbranched alkanes of at least 4 members (excludes halogenated alkanes) is 2. The monoisotopic (exact) mass is 433 g/mol. The van der Waals surface area contributed by atoms with Crippen molar-refractivity contribution in [3.8, 4) is 5.75 Å². The predicted molar refractivity (Wildman–Crippen MR) is 121 cm³/mol. The molecule has 0 atom stereocenters. The quantitative estimate of drug-likeness (QED) is 0.289. The number of urea groups is 1. The number of nitrogens with one attached hydrogen (secondary N) is 2. The first-order valence-corrected chi connectivity index (χ1v) is 12.3. The smallest absolute Gasteiger partial charge is 0.324 e. The van der Waals surface area contributed by atoms with Gasteiger partial charge in [-0.1, -0.05) is 44.3 Å². The number of ether oxygens (including phenoxy) is 1. The van der Waals surface area contributed by atoms with Crippen LogP contribution in [0.5, 0.6) is 5.75 Å². The Morgan fingerprint density at radius 1 is 1.20 bits per heavy atom. The summed E-state index contributed by atoms with van der Waals surface area (Å²) in [6.45, 7) is 5.72. The summed E-state index contributed by atoms with van der Waals surface area (Å²) >= 11 is 1.80. The van der Waals surface area contributed by atoms with Crippen LogP contribution in [0.3, 0.4) is 0 Å². The molecule has 0 spiro atoms. The van der Waals surface area contributed by atoms with Crippen LogP contribution < -0.4 is 14.8 Å². The zero-order chi connectivity index (χ0) is 21.4. The molecule has 4 rings (SSSR count). The summed E-state index contributed by atoms with van der Waals surface area (Å²) in [7, 11) is 0. The Morgan fingerprint density at radius 3 is 2.67 bits per heavy atom. The van der Waals surface area contributed by atoms with Gasteiger partial charge >= 0.3 is 6.03 Å². The number of carbonyl (C=O) groups excluding carboxylic acids is 2. The average Bonchev–Trinajstić information content (AvgIpc) is 3.68. The lowest BCUT2D eigenvalue weighted by atomic mass is 10.1. The molecule has 1 heterocycles. The number of benzene rings is 1. The fourth-order valence-electron chi connectivity index (χ4n) is 3.46. The minimum atomic E-state index is -0.250. The molecule has 2 aliphatic carbocycles. The lowest BCUT2D eigenvalue weighted by molar-refractivity contribution is -0.118. The van der Waals surface area contributed by atoms with E-state index < -0.39 is 0 Å². The van der Waals surface area contributed by atoms with E-state index in [-0.39, 0.29) is 24.0 Å². The Hall–Kier alpha value is -1.73. The van der Waals surface area contributed by atoms with Gasteiger partial charge in [-0.15, -0.1) is 0 Å². The van der Waals surface area contributed by atoms with Crippen molar-refractivity contribution >= 4 is 23.9 Å². The normalized spacial score (nSPS) is 19.2. The summed E-state index contributed by atoms with van der Waals surface area (Å²) in [5.74, 6) is 2.62. The van der Waals surface area contributed by atoms with Gasteiger partial charge in [0.1, 0.15) is 12.3 Å². The molecule has 3 amide bonds. The molecule has 0 aromatic heterocycles. The van der Waals surface area contributed by atoms with Gasteiger partial charge in [0.05, 0.1) is 12.1 Å². The van der Waals surface area contributed by atoms with Crippen molar-refractivity contribution in [1.29, 1.82) is 0 Å². The van der Waals surface area contributed by atoms with Gasteiger partial charge in [-0.3, -0.25) is 14.8 Å². The second-order valence-electron chi connectivity index (χ2n) is 8.15. The second kappa shape index (κ2) is 11.0. The van der Waals surface area contributed by atoms with Crippen molar-refractivity contribution in [2.24, 2.45) is 5.92 Å². The fraction of sp³-hybridized carbons (Fsp3) is 0.652. The third-order valence-electron chi connectivity index (χ3n) is 5.63. The van der Waals surface area contributed by atoms with Crippen molar-refractivity contribution in [2.75, 3.05) is 25.4 Å². The highest BCUT2D eigenvalue weighted by atomic mass is 32.2. The van der Waals surface area contributed by atoms with E-state index >= 15 is 0 Å². The van der Waals surface area contributed by atoms with Gasteiger partial charge in [0, 0.05) is 12.3 Å². The van der Waals surface area contributed by atoms with Crippen molar-refractivity contribution < 1.29 is 14.3 Å². The van der Waals surface area contributed by atoms with E-state index in [1.54, 1.807) is 16.8 Å². The van der Waals surface area contributed by atoms with Gasteiger partial charge in [-0.25, -0.2) is 4.79 Å². The van der Waals surface area contributed by atoms with Gasteiger partial charge in [0.15, 0.2) is 0 Å². The summed E-state index contributed by atoms with van der Waals surface area (Å²) in [4.78, 5) is 24.2. The minimum absolute atomic E-state index is 0.109. The summed E-state index contributed by atoms with van der Waals surface area (Å²) in [6.07, 6.45) is 8.06. The number of nitrogens with zero attached hydrogens (tertiary/aromatic N) is 1. The Bertz CT molecular complexity index is 719. The molecule has 0 radical (unpaired) electrons. The Balaban J connectivity index is 0.00000124. The number of carbonyl (C=O) groups is 2. The molecule has 3 fully saturated rings. The van der Waals surface area contributed by atoms with Crippen LogP contribution in [0, 0.1) is 5.92 Å². The molecule has 3 aliphatic rings. The Labute approximate surface area is 184 Å². The Kier molecular flexibility index (Phi) is 8.45. The van der Waals surface area contributed by atoms with Crippen molar-refractivity contribution in [3.05, 3.63) is 29.8 Å². The molecule has 0 unspecified atom stereocenters. The first-order chi connectivity index (χ1) is 14.6.